The molecule has 0 saturated heterocycles. The Hall–Kier alpha value is -1.73. The predicted octanol–water partition coefficient (Wildman–Crippen LogP) is 1.32. The highest BCUT2D eigenvalue weighted by atomic mass is 32.2. The first-order valence-corrected chi connectivity index (χ1v) is 5.78. The lowest BCUT2D eigenvalue weighted by Crippen LogP contribution is -2.11. The molecule has 0 bridgehead atoms. The molecule has 6 nitrogen and oxygen atoms in total. The van der Waals surface area contributed by atoms with Crippen molar-refractivity contribution in [3.63, 3.8) is 0 Å². The van der Waals surface area contributed by atoms with Crippen molar-refractivity contribution in [3.8, 4) is 0 Å². The second-order valence-electron chi connectivity index (χ2n) is 3.38. The van der Waals surface area contributed by atoms with Gasteiger partial charge in [0.2, 0.25) is 0 Å². The van der Waals surface area contributed by atoms with Gasteiger partial charge >= 0.3 is 0 Å². The highest BCUT2D eigenvalue weighted by molar-refractivity contribution is 7.99. The number of aryl methyl sites for hydroxylation is 1. The zero-order chi connectivity index (χ0) is 12.3. The SMILES string of the molecule is Cc1ccnc(Sc2ncnc(NN)c2C)n1. The van der Waals surface area contributed by atoms with E-state index in [1.165, 1.54) is 18.1 Å². The molecule has 0 atom stereocenters. The van der Waals surface area contributed by atoms with Crippen molar-refractivity contribution < 1.29 is 0 Å². The summed E-state index contributed by atoms with van der Waals surface area (Å²) in [6.07, 6.45) is 3.18. The Kier molecular flexibility index (Phi) is 3.50. The van der Waals surface area contributed by atoms with E-state index in [9.17, 15) is 0 Å². The van der Waals surface area contributed by atoms with Gasteiger partial charge in [0.15, 0.2) is 5.16 Å². The van der Waals surface area contributed by atoms with E-state index < -0.39 is 0 Å². The second-order valence-corrected chi connectivity index (χ2v) is 4.34. The minimum absolute atomic E-state index is 0.607. The van der Waals surface area contributed by atoms with Gasteiger partial charge in [-0.2, -0.15) is 0 Å². The fourth-order valence-corrected chi connectivity index (χ4v) is 2.07. The minimum Gasteiger partial charge on any atom is -0.308 e. The Bertz CT molecular complexity index is 530. The molecule has 0 radical (unpaired) electrons. The Morgan fingerprint density at radius 2 is 2.06 bits per heavy atom. The van der Waals surface area contributed by atoms with Gasteiger partial charge in [-0.25, -0.2) is 25.8 Å². The van der Waals surface area contributed by atoms with Gasteiger partial charge in [0, 0.05) is 17.5 Å². The zero-order valence-electron chi connectivity index (χ0n) is 9.51. The van der Waals surface area contributed by atoms with Crippen LogP contribution in [0.1, 0.15) is 11.3 Å². The molecule has 2 aromatic rings. The van der Waals surface area contributed by atoms with Crippen LogP contribution in [-0.2, 0) is 0 Å². The topological polar surface area (TPSA) is 89.6 Å². The first kappa shape index (κ1) is 11.7. The number of hydrogen-bond donors (Lipinski definition) is 2. The van der Waals surface area contributed by atoms with E-state index in [1.807, 2.05) is 19.9 Å². The molecule has 2 aromatic heterocycles. The van der Waals surface area contributed by atoms with Gasteiger partial charge in [0.25, 0.3) is 0 Å². The lowest BCUT2D eigenvalue weighted by atomic mass is 10.3. The van der Waals surface area contributed by atoms with Crippen molar-refractivity contribution in [3.05, 3.63) is 29.8 Å². The summed E-state index contributed by atoms with van der Waals surface area (Å²) in [5.74, 6) is 5.96. The van der Waals surface area contributed by atoms with Crippen LogP contribution in [0, 0.1) is 13.8 Å². The molecule has 0 fully saturated rings. The number of nitrogens with two attached hydrogens (primary N) is 1. The standard InChI is InChI=1S/C10H12N6S/c1-6-3-4-12-10(15-6)17-9-7(2)8(16-11)13-5-14-9/h3-5H,11H2,1-2H3,(H,13,14,16). The maximum absolute atomic E-state index is 5.36. The number of hydrogen-bond acceptors (Lipinski definition) is 7. The van der Waals surface area contributed by atoms with Crippen LogP contribution in [0.4, 0.5) is 5.82 Å². The molecule has 0 amide bonds. The number of nitrogen functional groups attached to an aromatic ring is 1. The number of rotatable bonds is 3. The molecule has 0 saturated carbocycles. The fraction of sp³-hybridized carbons (Fsp3) is 0.200. The van der Waals surface area contributed by atoms with E-state index in [0.717, 1.165) is 16.3 Å². The summed E-state index contributed by atoms with van der Waals surface area (Å²) in [4.78, 5) is 16.7. The Labute approximate surface area is 103 Å². The smallest absolute Gasteiger partial charge is 0.194 e. The molecule has 0 aromatic carbocycles. The van der Waals surface area contributed by atoms with Gasteiger partial charge in [-0.15, -0.1) is 0 Å². The largest absolute Gasteiger partial charge is 0.308 e. The van der Waals surface area contributed by atoms with Crippen molar-refractivity contribution in [2.24, 2.45) is 5.84 Å². The van der Waals surface area contributed by atoms with Crippen molar-refractivity contribution in [1.29, 1.82) is 0 Å². The third kappa shape index (κ3) is 2.69. The molecule has 0 aliphatic heterocycles. The highest BCUT2D eigenvalue weighted by Gasteiger charge is 2.09. The van der Waals surface area contributed by atoms with E-state index in [4.69, 9.17) is 5.84 Å². The van der Waals surface area contributed by atoms with Crippen molar-refractivity contribution in [2.75, 3.05) is 5.43 Å². The molecule has 0 spiro atoms. The average Bonchev–Trinajstić information content (AvgIpc) is 2.32. The number of hydrazine groups is 1. The lowest BCUT2D eigenvalue weighted by molar-refractivity contribution is 0.920. The quantitative estimate of drug-likeness (QED) is 0.366. The molecular formula is C10H12N6S. The van der Waals surface area contributed by atoms with E-state index in [-0.39, 0.29) is 0 Å². The molecule has 2 rings (SSSR count). The monoisotopic (exact) mass is 248 g/mol. The predicted molar refractivity (Wildman–Crippen MR) is 65.5 cm³/mol. The molecule has 88 valence electrons. The van der Waals surface area contributed by atoms with Crippen LogP contribution in [0.2, 0.25) is 0 Å². The molecular weight excluding hydrogens is 236 g/mol. The van der Waals surface area contributed by atoms with Crippen LogP contribution < -0.4 is 11.3 Å². The van der Waals surface area contributed by atoms with Gasteiger partial charge < -0.3 is 5.43 Å². The number of nitrogens with one attached hydrogen (secondary N) is 1. The van der Waals surface area contributed by atoms with Crippen molar-refractivity contribution in [1.82, 2.24) is 19.9 Å². The molecule has 0 unspecified atom stereocenters. The van der Waals surface area contributed by atoms with Gasteiger partial charge in [-0.3, -0.25) is 0 Å². The van der Waals surface area contributed by atoms with Crippen molar-refractivity contribution in [2.45, 2.75) is 24.0 Å². The van der Waals surface area contributed by atoms with Crippen molar-refractivity contribution >= 4 is 17.6 Å². The van der Waals surface area contributed by atoms with E-state index in [1.54, 1.807) is 6.20 Å². The van der Waals surface area contributed by atoms with Crippen LogP contribution in [0.25, 0.3) is 0 Å². The van der Waals surface area contributed by atoms with E-state index >= 15 is 0 Å². The van der Waals surface area contributed by atoms with Gasteiger partial charge in [-0.1, -0.05) is 0 Å². The average molecular weight is 248 g/mol. The van der Waals surface area contributed by atoms with E-state index in [2.05, 4.69) is 25.4 Å². The molecule has 2 heterocycles. The third-order valence-electron chi connectivity index (χ3n) is 2.14. The van der Waals surface area contributed by atoms with Gasteiger partial charge in [-0.05, 0) is 31.7 Å². The first-order valence-electron chi connectivity index (χ1n) is 4.96. The third-order valence-corrected chi connectivity index (χ3v) is 3.12. The van der Waals surface area contributed by atoms with Crippen LogP contribution in [0.15, 0.2) is 28.8 Å². The van der Waals surface area contributed by atoms with Crippen LogP contribution in [-0.4, -0.2) is 19.9 Å². The number of nitrogens with zero attached hydrogens (tertiary/aromatic N) is 4. The summed E-state index contributed by atoms with van der Waals surface area (Å²) >= 11 is 1.39. The number of aromatic nitrogens is 4. The number of anilines is 1. The molecule has 0 aliphatic rings. The summed E-state index contributed by atoms with van der Waals surface area (Å²) in [6.45, 7) is 3.82. The Balaban J connectivity index is 2.30. The molecule has 0 aliphatic carbocycles. The zero-order valence-corrected chi connectivity index (χ0v) is 10.3. The molecule has 3 N–H and O–H groups in total. The molecule has 7 heteroatoms. The second kappa shape index (κ2) is 5.07. The Morgan fingerprint density at radius 1 is 1.24 bits per heavy atom. The Morgan fingerprint density at radius 3 is 2.76 bits per heavy atom. The first-order chi connectivity index (χ1) is 8.20. The maximum Gasteiger partial charge on any atom is 0.194 e. The fourth-order valence-electron chi connectivity index (χ4n) is 1.24. The van der Waals surface area contributed by atoms with Crippen LogP contribution in [0.3, 0.4) is 0 Å². The van der Waals surface area contributed by atoms with Gasteiger partial charge in [0.05, 0.1) is 0 Å². The summed E-state index contributed by atoms with van der Waals surface area (Å²) in [6, 6.07) is 1.85. The van der Waals surface area contributed by atoms with Crippen LogP contribution in [0.5, 0.6) is 0 Å². The highest BCUT2D eigenvalue weighted by Crippen LogP contribution is 2.27. The maximum atomic E-state index is 5.36. The van der Waals surface area contributed by atoms with Gasteiger partial charge in [0.1, 0.15) is 17.2 Å². The lowest BCUT2D eigenvalue weighted by Gasteiger charge is -2.07. The van der Waals surface area contributed by atoms with E-state index in [0.29, 0.717) is 11.0 Å². The molecule has 17 heavy (non-hydrogen) atoms. The minimum atomic E-state index is 0.607. The summed E-state index contributed by atoms with van der Waals surface area (Å²) in [7, 11) is 0. The summed E-state index contributed by atoms with van der Waals surface area (Å²) < 4.78 is 0. The summed E-state index contributed by atoms with van der Waals surface area (Å²) in [5, 5.41) is 1.45. The van der Waals surface area contributed by atoms with Crippen LogP contribution >= 0.6 is 11.8 Å². The summed E-state index contributed by atoms with van der Waals surface area (Å²) in [5.41, 5.74) is 4.33. The normalized spacial score (nSPS) is 10.3.